The molecule has 1 aliphatic carbocycles. The summed E-state index contributed by atoms with van der Waals surface area (Å²) in [6.07, 6.45) is 6.75. The number of pyridine rings is 1. The summed E-state index contributed by atoms with van der Waals surface area (Å²) >= 11 is -1.54. The number of hydrogen-bond donors (Lipinski definition) is 0. The molecule has 0 bridgehead atoms. The van der Waals surface area contributed by atoms with E-state index in [0.717, 1.165) is 12.8 Å². The maximum absolute atomic E-state index is 11.7. The van der Waals surface area contributed by atoms with E-state index < -0.39 is 11.1 Å². The standard InChI is InChI=1S/C14H15NO4S.C2H6/c1-10(16)11-7-8-14(15-9-11)19-12-5-3-4-6-13(12)20(17)18-2;1-2/h5-9H,3-4H2,1-2H3;1-2H3. The molecule has 1 atom stereocenters. The Bertz CT molecular complexity index is 591. The second-order valence-electron chi connectivity index (χ2n) is 4.16. The minimum Gasteiger partial charge on any atom is -0.438 e. The average Bonchev–Trinajstić information content (AvgIpc) is 2.57. The molecule has 1 unspecified atom stereocenters. The van der Waals surface area contributed by atoms with Gasteiger partial charge in [0.25, 0.3) is 0 Å². The number of Topliss-reactive ketones (excluding diaryl/α,β-unsaturated/α-hetero) is 1. The highest BCUT2D eigenvalue weighted by Crippen LogP contribution is 2.25. The van der Waals surface area contributed by atoms with E-state index in [1.54, 1.807) is 12.1 Å². The molecule has 6 heteroatoms. The zero-order valence-corrected chi connectivity index (χ0v) is 14.1. The second kappa shape index (κ2) is 9.27. The van der Waals surface area contributed by atoms with Gasteiger partial charge in [-0.3, -0.25) is 8.98 Å². The maximum atomic E-state index is 11.7. The van der Waals surface area contributed by atoms with E-state index in [-0.39, 0.29) is 5.78 Å². The van der Waals surface area contributed by atoms with Gasteiger partial charge >= 0.3 is 0 Å². The van der Waals surface area contributed by atoms with Crippen molar-refractivity contribution >= 4 is 16.9 Å². The molecule has 120 valence electrons. The molecule has 1 heterocycles. The Labute approximate surface area is 133 Å². The van der Waals surface area contributed by atoms with Crippen LogP contribution < -0.4 is 4.74 Å². The van der Waals surface area contributed by atoms with Gasteiger partial charge in [0, 0.05) is 17.8 Å². The third-order valence-corrected chi connectivity index (χ3v) is 3.79. The van der Waals surface area contributed by atoms with Gasteiger partial charge in [-0.05, 0) is 31.9 Å². The molecule has 0 spiro atoms. The van der Waals surface area contributed by atoms with Crippen LogP contribution in [-0.4, -0.2) is 22.1 Å². The molecule has 1 aromatic rings. The monoisotopic (exact) mass is 323 g/mol. The molecule has 0 aromatic carbocycles. The van der Waals surface area contributed by atoms with Crippen molar-refractivity contribution in [1.29, 1.82) is 0 Å². The van der Waals surface area contributed by atoms with Crippen LogP contribution in [0, 0.1) is 0 Å². The lowest BCUT2D eigenvalue weighted by Crippen LogP contribution is -2.09. The lowest BCUT2D eigenvalue weighted by atomic mass is 10.2. The summed E-state index contributed by atoms with van der Waals surface area (Å²) in [6.45, 7) is 5.48. The normalized spacial score (nSPS) is 14.9. The lowest BCUT2D eigenvalue weighted by molar-refractivity contribution is 0.101. The molecule has 0 N–H and O–H groups in total. The molecule has 1 aliphatic rings. The Morgan fingerprint density at radius 1 is 1.23 bits per heavy atom. The smallest absolute Gasteiger partial charge is 0.219 e. The third-order valence-electron chi connectivity index (χ3n) is 2.76. The number of ether oxygens (including phenoxy) is 1. The Morgan fingerprint density at radius 2 is 1.91 bits per heavy atom. The fraction of sp³-hybridized carbons (Fsp3) is 0.375. The summed E-state index contributed by atoms with van der Waals surface area (Å²) in [6, 6.07) is 3.25. The summed E-state index contributed by atoms with van der Waals surface area (Å²) in [4.78, 5) is 15.7. The molecule has 2 rings (SSSR count). The Morgan fingerprint density at radius 3 is 2.45 bits per heavy atom. The van der Waals surface area contributed by atoms with Crippen molar-refractivity contribution in [2.75, 3.05) is 7.11 Å². The van der Waals surface area contributed by atoms with Gasteiger partial charge in [-0.15, -0.1) is 0 Å². The average molecular weight is 323 g/mol. The highest BCUT2D eigenvalue weighted by atomic mass is 32.2. The van der Waals surface area contributed by atoms with Crippen LogP contribution >= 0.6 is 0 Å². The molecular formula is C16H21NO4S. The number of carbonyl (C=O) groups is 1. The molecule has 0 radical (unpaired) electrons. The van der Waals surface area contributed by atoms with Crippen molar-refractivity contribution in [3.05, 3.63) is 46.7 Å². The topological polar surface area (TPSA) is 65.5 Å². The van der Waals surface area contributed by atoms with Crippen LogP contribution in [0.2, 0.25) is 0 Å². The first-order chi connectivity index (χ1) is 10.6. The van der Waals surface area contributed by atoms with Crippen LogP contribution in [0.15, 0.2) is 41.1 Å². The fourth-order valence-electron chi connectivity index (χ4n) is 1.72. The molecule has 0 saturated heterocycles. The van der Waals surface area contributed by atoms with Crippen LogP contribution in [0.4, 0.5) is 0 Å². The summed E-state index contributed by atoms with van der Waals surface area (Å²) in [5.41, 5.74) is 0.520. The van der Waals surface area contributed by atoms with E-state index >= 15 is 0 Å². The zero-order valence-electron chi connectivity index (χ0n) is 13.3. The maximum Gasteiger partial charge on any atom is 0.219 e. The largest absolute Gasteiger partial charge is 0.438 e. The molecule has 1 aromatic heterocycles. The van der Waals surface area contributed by atoms with Crippen molar-refractivity contribution in [3.63, 3.8) is 0 Å². The van der Waals surface area contributed by atoms with Crippen molar-refractivity contribution in [1.82, 2.24) is 4.98 Å². The minimum absolute atomic E-state index is 0.0537. The Balaban J connectivity index is 0.00000116. The van der Waals surface area contributed by atoms with E-state index in [9.17, 15) is 9.00 Å². The highest BCUT2D eigenvalue weighted by Gasteiger charge is 2.18. The summed E-state index contributed by atoms with van der Waals surface area (Å²) in [7, 11) is 1.38. The molecule has 0 saturated carbocycles. The van der Waals surface area contributed by atoms with Crippen molar-refractivity contribution in [3.8, 4) is 5.88 Å². The first-order valence-corrected chi connectivity index (χ1v) is 8.21. The number of hydrogen-bond acceptors (Lipinski definition) is 5. The Kier molecular flexibility index (Phi) is 7.70. The molecule has 0 amide bonds. The second-order valence-corrected chi connectivity index (χ2v) is 5.40. The van der Waals surface area contributed by atoms with Crippen molar-refractivity contribution < 1.29 is 17.9 Å². The fourth-order valence-corrected chi connectivity index (χ4v) is 2.45. The summed E-state index contributed by atoms with van der Waals surface area (Å²) in [5, 5.41) is 0. The van der Waals surface area contributed by atoms with Gasteiger partial charge in [0.05, 0.1) is 7.11 Å². The number of allylic oxidation sites excluding steroid dienone is 2. The molecule has 0 aliphatic heterocycles. The quantitative estimate of drug-likeness (QED) is 0.775. The molecular weight excluding hydrogens is 302 g/mol. The van der Waals surface area contributed by atoms with E-state index in [1.807, 2.05) is 26.0 Å². The predicted octanol–water partition coefficient (Wildman–Crippen LogP) is 3.56. The summed E-state index contributed by atoms with van der Waals surface area (Å²) in [5.74, 6) is 0.781. The van der Waals surface area contributed by atoms with Crippen LogP contribution in [-0.2, 0) is 15.3 Å². The van der Waals surface area contributed by atoms with Crippen molar-refractivity contribution in [2.45, 2.75) is 33.6 Å². The molecule has 5 nitrogen and oxygen atoms in total. The van der Waals surface area contributed by atoms with E-state index in [1.165, 1.54) is 20.2 Å². The first-order valence-electron chi connectivity index (χ1n) is 7.13. The Hall–Kier alpha value is -1.79. The van der Waals surface area contributed by atoms with Gasteiger partial charge in [-0.25, -0.2) is 9.19 Å². The first kappa shape index (κ1) is 18.3. The third kappa shape index (κ3) is 4.89. The minimum atomic E-state index is -1.54. The van der Waals surface area contributed by atoms with Crippen molar-refractivity contribution in [2.24, 2.45) is 0 Å². The van der Waals surface area contributed by atoms with E-state index in [0.29, 0.717) is 22.1 Å². The van der Waals surface area contributed by atoms with Crippen LogP contribution in [0.5, 0.6) is 5.88 Å². The van der Waals surface area contributed by atoms with Gasteiger partial charge in [0.2, 0.25) is 5.88 Å². The van der Waals surface area contributed by atoms with Crippen LogP contribution in [0.1, 0.15) is 44.0 Å². The SMILES string of the molecule is CC.COS(=O)C1=CCCC=C1Oc1ccc(C(C)=O)cn1. The van der Waals surface area contributed by atoms with Gasteiger partial charge in [-0.1, -0.05) is 19.9 Å². The van der Waals surface area contributed by atoms with Gasteiger partial charge < -0.3 is 4.74 Å². The van der Waals surface area contributed by atoms with Crippen LogP contribution in [0.25, 0.3) is 0 Å². The number of aromatic nitrogens is 1. The van der Waals surface area contributed by atoms with Crippen LogP contribution in [0.3, 0.4) is 0 Å². The number of ketones is 1. The van der Waals surface area contributed by atoms with Gasteiger partial charge in [-0.2, -0.15) is 0 Å². The number of carbonyl (C=O) groups excluding carboxylic acids is 1. The van der Waals surface area contributed by atoms with Gasteiger partial charge in [0.1, 0.15) is 10.7 Å². The predicted molar refractivity (Wildman–Crippen MR) is 86.8 cm³/mol. The highest BCUT2D eigenvalue weighted by molar-refractivity contribution is 7.84. The van der Waals surface area contributed by atoms with E-state index in [4.69, 9.17) is 8.92 Å². The van der Waals surface area contributed by atoms with E-state index in [2.05, 4.69) is 4.98 Å². The lowest BCUT2D eigenvalue weighted by Gasteiger charge is -2.15. The number of rotatable bonds is 5. The summed E-state index contributed by atoms with van der Waals surface area (Å²) < 4.78 is 22.2. The zero-order chi connectivity index (χ0) is 16.5. The molecule has 22 heavy (non-hydrogen) atoms. The van der Waals surface area contributed by atoms with Gasteiger partial charge in [0.15, 0.2) is 16.9 Å². The number of nitrogens with zero attached hydrogens (tertiary/aromatic N) is 1. The molecule has 0 fully saturated rings.